The van der Waals surface area contributed by atoms with Gasteiger partial charge in [0.1, 0.15) is 19.8 Å². The van der Waals surface area contributed by atoms with Gasteiger partial charge in [-0.15, -0.1) is 0 Å². The molecule has 59 heavy (non-hydrogen) atoms. The lowest BCUT2D eigenvalue weighted by atomic mass is 10.0. The van der Waals surface area contributed by atoms with Crippen molar-refractivity contribution in [2.75, 3.05) is 47.5 Å². The van der Waals surface area contributed by atoms with Crippen LogP contribution in [0.2, 0.25) is 0 Å². The van der Waals surface area contributed by atoms with E-state index in [1.54, 1.807) is 0 Å². The lowest BCUT2D eigenvalue weighted by Gasteiger charge is -2.28. The number of phosphoric ester groups is 1. The third-order valence-electron chi connectivity index (χ3n) is 11.2. The molecule has 0 bridgehead atoms. The molecule has 0 aromatic carbocycles. The molecule has 348 valence electrons. The first-order valence-corrected chi connectivity index (χ1v) is 26.0. The number of unbranched alkanes of at least 4 members (excludes halogenated alkanes) is 25. The van der Waals surface area contributed by atoms with Gasteiger partial charge in [-0.25, -0.2) is 0 Å². The molecule has 1 aliphatic rings. The molecule has 4 atom stereocenters. The van der Waals surface area contributed by atoms with Gasteiger partial charge >= 0.3 is 11.9 Å². The van der Waals surface area contributed by atoms with Crippen LogP contribution in [0.25, 0.3) is 0 Å². The molecule has 3 unspecified atom stereocenters. The van der Waals surface area contributed by atoms with E-state index in [1.807, 2.05) is 21.1 Å². The zero-order valence-electron chi connectivity index (χ0n) is 38.9. The molecule has 0 spiro atoms. The molecule has 11 heteroatoms. The number of hydrogen-bond acceptors (Lipinski definition) is 9. The number of rotatable bonds is 44. The lowest BCUT2D eigenvalue weighted by Crippen LogP contribution is -2.37. The van der Waals surface area contributed by atoms with Crippen molar-refractivity contribution in [3.63, 3.8) is 0 Å². The standard InChI is InChI=1S/C48H92NO9P/c1-6-8-10-11-12-13-14-15-16-17-18-19-20-21-22-23-27-30-34-38-47(50)54-42-44(43-56-59(52,53)55-41-40-49(3,4)5)57-48(51)39-35-31-28-25-24-26-29-33-37-46-45(58-46)36-32-9-7-2/h29,33,44-46H,6-28,30-32,34-43H2,1-5H3/b33-29-/t44-,45?,46?/m1/s1. The predicted molar refractivity (Wildman–Crippen MR) is 240 cm³/mol. The van der Waals surface area contributed by atoms with Crippen LogP contribution < -0.4 is 4.89 Å². The minimum absolute atomic E-state index is 0.0332. The molecule has 0 aliphatic carbocycles. The number of quaternary nitrogens is 1. The van der Waals surface area contributed by atoms with E-state index in [1.165, 1.54) is 128 Å². The SMILES string of the molecule is CCCCCCCCCCCCCCCCCCCCCC(=O)OC[C@H](COP(=O)([O-])OCC[N+](C)(C)C)OC(=O)CCCCCCC/C=C\CC1OC1CCCCC. The first-order chi connectivity index (χ1) is 28.5. The summed E-state index contributed by atoms with van der Waals surface area (Å²) in [6, 6.07) is 0. The van der Waals surface area contributed by atoms with Crippen molar-refractivity contribution in [1.29, 1.82) is 0 Å². The molecule has 0 N–H and O–H groups in total. The van der Waals surface area contributed by atoms with Gasteiger partial charge in [0, 0.05) is 12.8 Å². The van der Waals surface area contributed by atoms with Crippen LogP contribution in [0.4, 0.5) is 0 Å². The van der Waals surface area contributed by atoms with E-state index in [4.69, 9.17) is 23.3 Å². The van der Waals surface area contributed by atoms with Crippen LogP contribution in [0.5, 0.6) is 0 Å². The summed E-state index contributed by atoms with van der Waals surface area (Å²) in [6.45, 7) is 4.21. The van der Waals surface area contributed by atoms with Gasteiger partial charge in [0.2, 0.25) is 0 Å². The maximum Gasteiger partial charge on any atom is 0.306 e. The van der Waals surface area contributed by atoms with Crippen molar-refractivity contribution >= 4 is 19.8 Å². The normalized spacial score (nSPS) is 17.0. The van der Waals surface area contributed by atoms with Crippen molar-refractivity contribution in [3.05, 3.63) is 12.2 Å². The van der Waals surface area contributed by atoms with E-state index < -0.39 is 26.5 Å². The van der Waals surface area contributed by atoms with E-state index in [2.05, 4.69) is 26.0 Å². The van der Waals surface area contributed by atoms with Gasteiger partial charge in [-0.1, -0.05) is 180 Å². The van der Waals surface area contributed by atoms with Gasteiger partial charge in [-0.2, -0.15) is 0 Å². The predicted octanol–water partition coefficient (Wildman–Crippen LogP) is 12.5. The van der Waals surface area contributed by atoms with Crippen molar-refractivity contribution in [2.45, 2.75) is 238 Å². The Balaban J connectivity index is 2.21. The highest BCUT2D eigenvalue weighted by atomic mass is 31.2. The summed E-state index contributed by atoms with van der Waals surface area (Å²) in [5, 5.41) is 0. The van der Waals surface area contributed by atoms with Crippen LogP contribution in [-0.2, 0) is 37.4 Å². The molecule has 0 aromatic heterocycles. The average molecular weight is 858 g/mol. The van der Waals surface area contributed by atoms with Gasteiger partial charge in [-0.05, 0) is 38.5 Å². The third-order valence-corrected chi connectivity index (χ3v) is 12.2. The number of allylic oxidation sites excluding steroid dienone is 1. The fraction of sp³-hybridized carbons (Fsp3) is 0.917. The number of likely N-dealkylation sites (N-methyl/N-ethyl adjacent to an activating group) is 1. The van der Waals surface area contributed by atoms with Gasteiger partial charge in [0.25, 0.3) is 7.82 Å². The number of ether oxygens (including phenoxy) is 3. The molecule has 1 fully saturated rings. The largest absolute Gasteiger partial charge is 0.756 e. The molecule has 1 heterocycles. The van der Waals surface area contributed by atoms with Crippen molar-refractivity contribution < 1.29 is 46.8 Å². The van der Waals surface area contributed by atoms with Crippen LogP contribution in [0.15, 0.2) is 12.2 Å². The van der Waals surface area contributed by atoms with E-state index in [9.17, 15) is 19.0 Å². The van der Waals surface area contributed by atoms with Gasteiger partial charge in [0.15, 0.2) is 6.10 Å². The molecule has 10 nitrogen and oxygen atoms in total. The zero-order valence-corrected chi connectivity index (χ0v) is 39.8. The summed E-state index contributed by atoms with van der Waals surface area (Å²) < 4.78 is 39.8. The molecule has 1 rings (SSSR count). The second-order valence-electron chi connectivity index (χ2n) is 18.2. The topological polar surface area (TPSA) is 124 Å². The average Bonchev–Trinajstić information content (AvgIpc) is 3.94. The Hall–Kier alpha value is -1.29. The van der Waals surface area contributed by atoms with E-state index >= 15 is 0 Å². The van der Waals surface area contributed by atoms with Gasteiger partial charge in [0.05, 0.1) is 40.0 Å². The highest BCUT2D eigenvalue weighted by Crippen LogP contribution is 2.38. The summed E-state index contributed by atoms with van der Waals surface area (Å²) >= 11 is 0. The molecular formula is C48H92NO9P. The Labute approximate surface area is 362 Å². The molecule has 1 aliphatic heterocycles. The number of carbonyl (C=O) groups excluding carboxylic acids is 2. The molecule has 0 radical (unpaired) electrons. The Morgan fingerprint density at radius 1 is 0.610 bits per heavy atom. The number of phosphoric acid groups is 1. The summed E-state index contributed by atoms with van der Waals surface area (Å²) in [6.07, 6.45) is 41.2. The van der Waals surface area contributed by atoms with Crippen molar-refractivity contribution in [3.8, 4) is 0 Å². The number of esters is 2. The fourth-order valence-electron chi connectivity index (χ4n) is 7.25. The molecule has 0 amide bonds. The van der Waals surface area contributed by atoms with Gasteiger partial charge < -0.3 is 32.6 Å². The van der Waals surface area contributed by atoms with Crippen molar-refractivity contribution in [1.82, 2.24) is 0 Å². The first-order valence-electron chi connectivity index (χ1n) is 24.5. The molecular weight excluding hydrogens is 765 g/mol. The van der Waals surface area contributed by atoms with Crippen LogP contribution >= 0.6 is 7.82 Å². The maximum absolute atomic E-state index is 12.7. The quantitative estimate of drug-likeness (QED) is 0.0147. The molecule has 1 saturated heterocycles. The van der Waals surface area contributed by atoms with Crippen molar-refractivity contribution in [2.24, 2.45) is 0 Å². The second kappa shape index (κ2) is 37.3. The van der Waals surface area contributed by atoms with Gasteiger partial charge in [-0.3, -0.25) is 14.2 Å². The smallest absolute Gasteiger partial charge is 0.306 e. The second-order valence-corrected chi connectivity index (χ2v) is 19.6. The Morgan fingerprint density at radius 3 is 1.61 bits per heavy atom. The fourth-order valence-corrected chi connectivity index (χ4v) is 7.98. The Morgan fingerprint density at radius 2 is 1.08 bits per heavy atom. The number of hydrogen-bond donors (Lipinski definition) is 0. The molecule has 0 saturated carbocycles. The van der Waals surface area contributed by atoms with Crippen LogP contribution in [0.3, 0.4) is 0 Å². The summed E-state index contributed by atoms with van der Waals surface area (Å²) in [7, 11) is 1.16. The highest BCUT2D eigenvalue weighted by molar-refractivity contribution is 7.45. The van der Waals surface area contributed by atoms with E-state index in [0.717, 1.165) is 57.8 Å². The lowest BCUT2D eigenvalue weighted by molar-refractivity contribution is -0.870. The molecule has 0 aromatic rings. The Kier molecular flexibility index (Phi) is 35.2. The minimum atomic E-state index is -4.63. The Bertz CT molecular complexity index is 1080. The number of carbonyl (C=O) groups is 2. The highest BCUT2D eigenvalue weighted by Gasteiger charge is 2.36. The van der Waals surface area contributed by atoms with E-state index in [0.29, 0.717) is 29.7 Å². The van der Waals surface area contributed by atoms with E-state index in [-0.39, 0.29) is 32.0 Å². The van der Waals surface area contributed by atoms with Crippen LogP contribution in [-0.4, -0.2) is 82.2 Å². The summed E-state index contributed by atoms with van der Waals surface area (Å²) in [5.74, 6) is -0.844. The summed E-state index contributed by atoms with van der Waals surface area (Å²) in [5.41, 5.74) is 0. The first kappa shape index (κ1) is 55.7. The van der Waals surface area contributed by atoms with Crippen LogP contribution in [0.1, 0.15) is 219 Å². The zero-order chi connectivity index (χ0) is 43.3. The van der Waals surface area contributed by atoms with Crippen LogP contribution in [0, 0.1) is 0 Å². The minimum Gasteiger partial charge on any atom is -0.756 e. The number of epoxide rings is 1. The number of nitrogens with zero attached hydrogens (tertiary/aromatic N) is 1. The monoisotopic (exact) mass is 858 g/mol. The maximum atomic E-state index is 12.7. The third kappa shape index (κ3) is 38.1. The summed E-state index contributed by atoms with van der Waals surface area (Å²) in [4.78, 5) is 37.7.